The maximum Gasteiger partial charge on any atom is 0.322 e. The largest absolute Gasteiger partial charge is 0.332 e. The second kappa shape index (κ2) is 10.6. The van der Waals surface area contributed by atoms with Gasteiger partial charge < -0.3 is 15.1 Å². The number of halogens is 1. The van der Waals surface area contributed by atoms with Crippen molar-refractivity contribution in [1.29, 1.82) is 0 Å². The summed E-state index contributed by atoms with van der Waals surface area (Å²) >= 11 is 1.65. The van der Waals surface area contributed by atoms with Crippen LogP contribution in [0.25, 0.3) is 0 Å². The lowest BCUT2D eigenvalue weighted by Gasteiger charge is -2.28. The maximum atomic E-state index is 13.4. The lowest BCUT2D eigenvalue weighted by Crippen LogP contribution is -2.44. The molecular weight excluding hydrogens is 437 g/mol. The Kier molecular flexibility index (Phi) is 7.40. The van der Waals surface area contributed by atoms with Gasteiger partial charge in [-0.15, -0.1) is 11.3 Å². The number of nitrogens with one attached hydrogen (secondary N) is 1. The Morgan fingerprint density at radius 1 is 0.970 bits per heavy atom. The minimum Gasteiger partial charge on any atom is -0.332 e. The molecule has 1 aliphatic carbocycles. The Bertz CT molecular complexity index is 1080. The van der Waals surface area contributed by atoms with Crippen LogP contribution in [0.2, 0.25) is 0 Å². The van der Waals surface area contributed by atoms with Crippen LogP contribution >= 0.6 is 11.3 Å². The number of rotatable bonds is 9. The first-order chi connectivity index (χ1) is 16.0. The third-order valence-corrected chi connectivity index (χ3v) is 6.58. The molecular formula is C26H28FN3O2S. The van der Waals surface area contributed by atoms with Crippen molar-refractivity contribution in [1.82, 2.24) is 9.80 Å². The fraction of sp³-hybridized carbons (Fsp3) is 0.308. The molecule has 0 unspecified atom stereocenters. The molecule has 5 nitrogen and oxygen atoms in total. The maximum absolute atomic E-state index is 13.4. The van der Waals surface area contributed by atoms with Crippen molar-refractivity contribution in [2.75, 3.05) is 18.4 Å². The molecule has 172 valence electrons. The van der Waals surface area contributed by atoms with E-state index in [9.17, 15) is 14.0 Å². The van der Waals surface area contributed by atoms with Crippen LogP contribution in [0.15, 0.2) is 66.7 Å². The van der Waals surface area contributed by atoms with Crippen LogP contribution < -0.4 is 5.32 Å². The third kappa shape index (κ3) is 6.89. The van der Waals surface area contributed by atoms with Crippen molar-refractivity contribution in [3.8, 4) is 0 Å². The van der Waals surface area contributed by atoms with Gasteiger partial charge in [0.05, 0.1) is 6.54 Å². The number of amides is 3. The van der Waals surface area contributed by atoms with E-state index in [-0.39, 0.29) is 24.3 Å². The van der Waals surface area contributed by atoms with E-state index in [2.05, 4.69) is 5.32 Å². The first kappa shape index (κ1) is 23.0. The van der Waals surface area contributed by atoms with Crippen LogP contribution in [-0.2, 0) is 17.9 Å². The summed E-state index contributed by atoms with van der Waals surface area (Å²) < 4.78 is 13.4. The number of para-hydroxylation sites is 1. The highest BCUT2D eigenvalue weighted by molar-refractivity contribution is 7.11. The molecule has 7 heteroatoms. The number of carbonyl (C=O) groups excluding carboxylic acids is 2. The number of hydrogen-bond donors (Lipinski definition) is 1. The van der Waals surface area contributed by atoms with Crippen LogP contribution in [0, 0.1) is 18.7 Å². The summed E-state index contributed by atoms with van der Waals surface area (Å²) in [4.78, 5) is 32.0. The molecule has 1 fully saturated rings. The summed E-state index contributed by atoms with van der Waals surface area (Å²) in [7, 11) is 0. The van der Waals surface area contributed by atoms with Crippen LogP contribution in [0.5, 0.6) is 0 Å². The number of anilines is 1. The average molecular weight is 466 g/mol. The van der Waals surface area contributed by atoms with E-state index in [0.29, 0.717) is 31.2 Å². The summed E-state index contributed by atoms with van der Waals surface area (Å²) in [5.74, 6) is 0.0118. The van der Waals surface area contributed by atoms with E-state index in [1.54, 1.807) is 33.3 Å². The predicted octanol–water partition coefficient (Wildman–Crippen LogP) is 5.67. The molecule has 0 spiro atoms. The van der Waals surface area contributed by atoms with Gasteiger partial charge in [0.25, 0.3) is 0 Å². The quantitative estimate of drug-likeness (QED) is 0.443. The Morgan fingerprint density at radius 3 is 2.33 bits per heavy atom. The number of aryl methyl sites for hydroxylation is 1. The number of urea groups is 1. The fourth-order valence-corrected chi connectivity index (χ4v) is 4.53. The normalized spacial score (nSPS) is 12.9. The number of benzene rings is 2. The first-order valence-corrected chi connectivity index (χ1v) is 12.0. The van der Waals surface area contributed by atoms with Gasteiger partial charge in [-0.05, 0) is 67.6 Å². The molecule has 0 bridgehead atoms. The number of carbonyl (C=O) groups is 2. The standard InChI is InChI=1S/C26H28FN3O2S/c1-19-7-14-24(33-19)17-29(15-21-10-12-22(27)13-11-21)25(31)18-30(16-20-8-9-20)26(32)28-23-5-3-2-4-6-23/h2-7,10-14,20H,8-9,15-18H2,1H3,(H,28,32). The zero-order valence-electron chi connectivity index (χ0n) is 18.7. The summed E-state index contributed by atoms with van der Waals surface area (Å²) in [5, 5.41) is 2.91. The van der Waals surface area contributed by atoms with Crippen LogP contribution in [0.3, 0.4) is 0 Å². The summed E-state index contributed by atoms with van der Waals surface area (Å²) in [5.41, 5.74) is 1.55. The van der Waals surface area contributed by atoms with Crippen LogP contribution in [0.1, 0.15) is 28.2 Å². The Labute approximate surface area is 197 Å². The van der Waals surface area contributed by atoms with Gasteiger partial charge in [0.15, 0.2) is 0 Å². The molecule has 1 aromatic heterocycles. The second-order valence-electron chi connectivity index (χ2n) is 8.51. The molecule has 0 radical (unpaired) electrons. The molecule has 1 heterocycles. The molecule has 0 aliphatic heterocycles. The van der Waals surface area contributed by atoms with E-state index < -0.39 is 0 Å². The molecule has 3 amide bonds. The van der Waals surface area contributed by atoms with Gasteiger partial charge in [-0.2, -0.15) is 0 Å². The smallest absolute Gasteiger partial charge is 0.322 e. The van der Waals surface area contributed by atoms with Crippen molar-refractivity contribution in [3.05, 3.63) is 87.9 Å². The molecule has 4 rings (SSSR count). The minimum absolute atomic E-state index is 0.000713. The van der Waals surface area contributed by atoms with Gasteiger partial charge in [-0.1, -0.05) is 30.3 Å². The molecule has 1 saturated carbocycles. The SMILES string of the molecule is Cc1ccc(CN(Cc2ccc(F)cc2)C(=O)CN(CC2CC2)C(=O)Nc2ccccc2)s1. The Hall–Kier alpha value is -3.19. The molecule has 1 N–H and O–H groups in total. The van der Waals surface area contributed by atoms with Crippen molar-refractivity contribution >= 4 is 29.0 Å². The molecule has 33 heavy (non-hydrogen) atoms. The van der Waals surface area contributed by atoms with E-state index in [0.717, 1.165) is 23.3 Å². The zero-order chi connectivity index (χ0) is 23.2. The zero-order valence-corrected chi connectivity index (χ0v) is 19.5. The predicted molar refractivity (Wildman–Crippen MR) is 129 cm³/mol. The Balaban J connectivity index is 1.49. The van der Waals surface area contributed by atoms with Gasteiger partial charge in [0.2, 0.25) is 5.91 Å². The third-order valence-electron chi connectivity index (χ3n) is 5.60. The summed E-state index contributed by atoms with van der Waals surface area (Å²) in [6, 6.07) is 19.3. The lowest BCUT2D eigenvalue weighted by atomic mass is 10.2. The molecule has 0 saturated heterocycles. The van der Waals surface area contributed by atoms with Gasteiger partial charge in [0.1, 0.15) is 12.4 Å². The number of thiophene rings is 1. The van der Waals surface area contributed by atoms with Gasteiger partial charge in [-0.25, -0.2) is 9.18 Å². The molecule has 1 aliphatic rings. The number of nitrogens with zero attached hydrogens (tertiary/aromatic N) is 2. The highest BCUT2D eigenvalue weighted by atomic mass is 32.1. The molecule has 0 atom stereocenters. The van der Waals surface area contributed by atoms with E-state index in [1.165, 1.54) is 17.0 Å². The second-order valence-corrected chi connectivity index (χ2v) is 9.88. The average Bonchev–Trinajstić information content (AvgIpc) is 3.53. The summed E-state index contributed by atoms with van der Waals surface area (Å²) in [6.45, 7) is 3.40. The fourth-order valence-electron chi connectivity index (χ4n) is 3.62. The van der Waals surface area contributed by atoms with Crippen molar-refractivity contribution in [2.45, 2.75) is 32.9 Å². The molecule has 3 aromatic rings. The van der Waals surface area contributed by atoms with Crippen LogP contribution in [-0.4, -0.2) is 34.8 Å². The van der Waals surface area contributed by atoms with Crippen molar-refractivity contribution in [3.63, 3.8) is 0 Å². The Morgan fingerprint density at radius 2 is 1.70 bits per heavy atom. The highest BCUT2D eigenvalue weighted by Gasteiger charge is 2.29. The monoisotopic (exact) mass is 465 g/mol. The number of hydrogen-bond acceptors (Lipinski definition) is 3. The summed E-state index contributed by atoms with van der Waals surface area (Å²) in [6.07, 6.45) is 2.16. The first-order valence-electron chi connectivity index (χ1n) is 11.1. The van der Waals surface area contributed by atoms with Gasteiger partial charge in [0, 0.05) is 28.5 Å². The molecule has 2 aromatic carbocycles. The van der Waals surface area contributed by atoms with E-state index >= 15 is 0 Å². The van der Waals surface area contributed by atoms with E-state index in [4.69, 9.17) is 0 Å². The minimum atomic E-state index is -0.307. The van der Waals surface area contributed by atoms with Gasteiger partial charge >= 0.3 is 6.03 Å². The topological polar surface area (TPSA) is 52.7 Å². The highest BCUT2D eigenvalue weighted by Crippen LogP contribution is 2.30. The van der Waals surface area contributed by atoms with Crippen LogP contribution in [0.4, 0.5) is 14.9 Å². The van der Waals surface area contributed by atoms with Gasteiger partial charge in [-0.3, -0.25) is 4.79 Å². The van der Waals surface area contributed by atoms with E-state index in [1.807, 2.05) is 49.4 Å². The van der Waals surface area contributed by atoms with Crippen molar-refractivity contribution < 1.29 is 14.0 Å². The lowest BCUT2D eigenvalue weighted by molar-refractivity contribution is -0.133. The van der Waals surface area contributed by atoms with Crippen molar-refractivity contribution in [2.24, 2.45) is 5.92 Å².